The SMILES string of the molecule is Cc1nc(-c2cccc(Cl)c2Cl)sc1C(=O)NCC(=O)NCC(=O)O. The van der Waals surface area contributed by atoms with Crippen molar-refractivity contribution in [2.75, 3.05) is 13.1 Å². The Bertz CT molecular complexity index is 838. The molecular weight excluding hydrogens is 389 g/mol. The van der Waals surface area contributed by atoms with Gasteiger partial charge < -0.3 is 15.7 Å². The van der Waals surface area contributed by atoms with Gasteiger partial charge >= 0.3 is 5.97 Å². The number of carbonyl (C=O) groups excluding carboxylic acids is 2. The summed E-state index contributed by atoms with van der Waals surface area (Å²) in [6, 6.07) is 5.12. The van der Waals surface area contributed by atoms with Crippen LogP contribution in [0.1, 0.15) is 15.4 Å². The average Bonchev–Trinajstić information content (AvgIpc) is 2.94. The van der Waals surface area contributed by atoms with Crippen LogP contribution in [0.2, 0.25) is 10.0 Å². The molecule has 1 aromatic heterocycles. The lowest BCUT2D eigenvalue weighted by molar-refractivity contribution is -0.137. The highest BCUT2D eigenvalue weighted by Crippen LogP contribution is 2.36. The zero-order valence-electron chi connectivity index (χ0n) is 12.9. The van der Waals surface area contributed by atoms with Crippen LogP contribution in [0, 0.1) is 6.92 Å². The molecule has 0 unspecified atom stereocenters. The summed E-state index contributed by atoms with van der Waals surface area (Å²) in [6.45, 7) is 0.820. The summed E-state index contributed by atoms with van der Waals surface area (Å²) >= 11 is 13.3. The number of halogens is 2. The summed E-state index contributed by atoms with van der Waals surface area (Å²) in [6.07, 6.45) is 0. The van der Waals surface area contributed by atoms with Gasteiger partial charge in [0.15, 0.2) is 0 Å². The minimum atomic E-state index is -1.17. The van der Waals surface area contributed by atoms with Gasteiger partial charge in [-0.2, -0.15) is 0 Å². The predicted molar refractivity (Wildman–Crippen MR) is 95.3 cm³/mol. The maximum absolute atomic E-state index is 12.2. The first-order valence-corrected chi connectivity index (χ1v) is 8.55. The van der Waals surface area contributed by atoms with Crippen molar-refractivity contribution in [2.45, 2.75) is 6.92 Å². The molecule has 2 rings (SSSR count). The molecule has 25 heavy (non-hydrogen) atoms. The normalized spacial score (nSPS) is 10.4. The fourth-order valence-electron chi connectivity index (χ4n) is 1.87. The van der Waals surface area contributed by atoms with Crippen molar-refractivity contribution in [2.24, 2.45) is 0 Å². The average molecular weight is 402 g/mol. The van der Waals surface area contributed by atoms with Crippen LogP contribution in [-0.2, 0) is 9.59 Å². The molecule has 0 aliphatic heterocycles. The van der Waals surface area contributed by atoms with E-state index in [1.54, 1.807) is 25.1 Å². The molecule has 7 nitrogen and oxygen atoms in total. The van der Waals surface area contributed by atoms with Crippen LogP contribution in [0.25, 0.3) is 10.6 Å². The van der Waals surface area contributed by atoms with Crippen molar-refractivity contribution in [1.82, 2.24) is 15.6 Å². The van der Waals surface area contributed by atoms with Gasteiger partial charge in [0.25, 0.3) is 5.91 Å². The standard InChI is InChI=1S/C15H13Cl2N3O4S/c1-7-13(14(24)19-5-10(21)18-6-11(22)23)25-15(20-7)8-3-2-4-9(16)12(8)17/h2-4H,5-6H2,1H3,(H,18,21)(H,19,24)(H,22,23). The molecule has 0 spiro atoms. The fraction of sp³-hybridized carbons (Fsp3) is 0.200. The van der Waals surface area contributed by atoms with Gasteiger partial charge in [0.1, 0.15) is 16.4 Å². The summed E-state index contributed by atoms with van der Waals surface area (Å²) in [7, 11) is 0. The predicted octanol–water partition coefficient (Wildman–Crippen LogP) is 2.36. The third-order valence-electron chi connectivity index (χ3n) is 3.03. The molecule has 132 valence electrons. The molecule has 0 radical (unpaired) electrons. The van der Waals surface area contributed by atoms with E-state index >= 15 is 0 Å². The highest BCUT2D eigenvalue weighted by atomic mass is 35.5. The fourth-order valence-corrected chi connectivity index (χ4v) is 3.33. The highest BCUT2D eigenvalue weighted by Gasteiger charge is 2.19. The van der Waals surface area contributed by atoms with E-state index in [4.69, 9.17) is 28.3 Å². The van der Waals surface area contributed by atoms with Crippen molar-refractivity contribution in [1.29, 1.82) is 0 Å². The topological polar surface area (TPSA) is 108 Å². The van der Waals surface area contributed by atoms with E-state index in [0.717, 1.165) is 11.3 Å². The molecule has 1 heterocycles. The number of carboxylic acid groups (broad SMARTS) is 1. The van der Waals surface area contributed by atoms with Gasteiger partial charge in [-0.25, -0.2) is 4.98 Å². The number of benzene rings is 1. The van der Waals surface area contributed by atoms with Crippen LogP contribution < -0.4 is 10.6 Å². The van der Waals surface area contributed by atoms with Crippen molar-refractivity contribution in [3.05, 3.63) is 38.8 Å². The number of hydrogen-bond donors (Lipinski definition) is 3. The number of thiazole rings is 1. The second-order valence-corrected chi connectivity index (χ2v) is 6.67. The van der Waals surface area contributed by atoms with Crippen LogP contribution in [0.4, 0.5) is 0 Å². The van der Waals surface area contributed by atoms with Crippen LogP contribution in [0.3, 0.4) is 0 Å². The molecule has 2 amide bonds. The number of aliphatic carboxylic acids is 1. The third-order valence-corrected chi connectivity index (χ3v) is 5.04. The molecule has 0 fully saturated rings. The first-order chi connectivity index (χ1) is 11.8. The van der Waals surface area contributed by atoms with Gasteiger partial charge in [-0.05, 0) is 13.0 Å². The van der Waals surface area contributed by atoms with Crippen molar-refractivity contribution in [3.63, 3.8) is 0 Å². The first-order valence-electron chi connectivity index (χ1n) is 6.98. The summed E-state index contributed by atoms with van der Waals surface area (Å²) in [5, 5.41) is 14.3. The second-order valence-electron chi connectivity index (χ2n) is 4.89. The maximum Gasteiger partial charge on any atom is 0.322 e. The van der Waals surface area contributed by atoms with Crippen molar-refractivity contribution < 1.29 is 19.5 Å². The first kappa shape index (κ1) is 19.2. The molecule has 10 heteroatoms. The monoisotopic (exact) mass is 401 g/mol. The number of rotatable bonds is 6. The molecule has 0 atom stereocenters. The number of aryl methyl sites for hydroxylation is 1. The summed E-state index contributed by atoms with van der Waals surface area (Å²) in [5.41, 5.74) is 1.10. The van der Waals surface area contributed by atoms with E-state index in [0.29, 0.717) is 31.2 Å². The number of carboxylic acids is 1. The number of nitrogens with zero attached hydrogens (tertiary/aromatic N) is 1. The molecule has 0 saturated heterocycles. The van der Waals surface area contributed by atoms with Crippen molar-refractivity contribution >= 4 is 52.3 Å². The Morgan fingerprint density at radius 3 is 2.60 bits per heavy atom. The number of nitrogens with one attached hydrogen (secondary N) is 2. The zero-order chi connectivity index (χ0) is 18.6. The van der Waals surface area contributed by atoms with Gasteiger partial charge in [-0.15, -0.1) is 11.3 Å². The van der Waals surface area contributed by atoms with Crippen LogP contribution >= 0.6 is 34.5 Å². The lowest BCUT2D eigenvalue weighted by Gasteiger charge is -2.04. The summed E-state index contributed by atoms with van der Waals surface area (Å²) < 4.78 is 0. The molecule has 0 aliphatic carbocycles. The van der Waals surface area contributed by atoms with Gasteiger partial charge in [0.05, 0.1) is 22.3 Å². The van der Waals surface area contributed by atoms with Gasteiger partial charge in [0.2, 0.25) is 5.91 Å². The highest BCUT2D eigenvalue weighted by molar-refractivity contribution is 7.17. The molecule has 0 bridgehead atoms. The molecule has 3 N–H and O–H groups in total. The van der Waals surface area contributed by atoms with E-state index in [1.807, 2.05) is 0 Å². The number of aromatic nitrogens is 1. The summed E-state index contributed by atoms with van der Waals surface area (Å²) in [5.74, 6) is -2.25. The Kier molecular flexibility index (Phi) is 6.35. The Morgan fingerprint density at radius 1 is 1.20 bits per heavy atom. The largest absolute Gasteiger partial charge is 0.480 e. The van der Waals surface area contributed by atoms with Crippen LogP contribution in [-0.4, -0.2) is 41.0 Å². The minimum Gasteiger partial charge on any atom is -0.480 e. The van der Waals surface area contributed by atoms with E-state index < -0.39 is 24.3 Å². The molecule has 2 aromatic rings. The lowest BCUT2D eigenvalue weighted by Crippen LogP contribution is -2.38. The Morgan fingerprint density at radius 2 is 1.92 bits per heavy atom. The maximum atomic E-state index is 12.2. The molecule has 0 aliphatic rings. The number of hydrogen-bond acceptors (Lipinski definition) is 5. The number of amides is 2. The van der Waals surface area contributed by atoms with Gasteiger partial charge in [-0.1, -0.05) is 35.3 Å². The third kappa shape index (κ3) is 4.91. The van der Waals surface area contributed by atoms with Crippen LogP contribution in [0.15, 0.2) is 18.2 Å². The van der Waals surface area contributed by atoms with Gasteiger partial charge in [-0.3, -0.25) is 14.4 Å². The molecule has 0 saturated carbocycles. The van der Waals surface area contributed by atoms with E-state index in [1.165, 1.54) is 0 Å². The van der Waals surface area contributed by atoms with Gasteiger partial charge in [0, 0.05) is 5.56 Å². The van der Waals surface area contributed by atoms with E-state index in [2.05, 4.69) is 15.6 Å². The van der Waals surface area contributed by atoms with E-state index in [-0.39, 0.29) is 6.54 Å². The molecular formula is C15H13Cl2N3O4S. The zero-order valence-corrected chi connectivity index (χ0v) is 15.3. The quantitative estimate of drug-likeness (QED) is 0.688. The Balaban J connectivity index is 2.09. The lowest BCUT2D eigenvalue weighted by atomic mass is 10.2. The Labute approximate surface area is 157 Å². The minimum absolute atomic E-state index is 0.331. The number of carbonyl (C=O) groups is 3. The van der Waals surface area contributed by atoms with E-state index in [9.17, 15) is 14.4 Å². The smallest absolute Gasteiger partial charge is 0.322 e. The second kappa shape index (κ2) is 8.28. The van der Waals surface area contributed by atoms with Crippen LogP contribution in [0.5, 0.6) is 0 Å². The Hall–Kier alpha value is -2.16. The summed E-state index contributed by atoms with van der Waals surface area (Å²) in [4.78, 5) is 38.7. The molecule has 1 aromatic carbocycles. The van der Waals surface area contributed by atoms with Crippen molar-refractivity contribution in [3.8, 4) is 10.6 Å².